The van der Waals surface area contributed by atoms with Crippen molar-refractivity contribution in [1.29, 1.82) is 0 Å². The lowest BCUT2D eigenvalue weighted by atomic mass is 9.98. The zero-order chi connectivity index (χ0) is 27.1. The van der Waals surface area contributed by atoms with Crippen molar-refractivity contribution in [2.75, 3.05) is 14.2 Å². The van der Waals surface area contributed by atoms with Gasteiger partial charge < -0.3 is 27.9 Å². The van der Waals surface area contributed by atoms with Gasteiger partial charge >= 0.3 is 15.6 Å². The summed E-state index contributed by atoms with van der Waals surface area (Å²) >= 11 is 0. The van der Waals surface area contributed by atoms with E-state index in [9.17, 15) is 21.6 Å². The standard InChI is InChI=1S/C24H31F3O8S/c1-7-8-9-10-19(31-6)21(32-15-17-11-13-18(30-5)14-12-17)22-20(33-23(3,4)34-22)16(2)35-36(28,29)24(25,26)27/h11-14,19-22H,2,9-10,15H2,1,3-6H3/t19-,20-,21-,22-/m0/s1. The van der Waals surface area contributed by atoms with Gasteiger partial charge in [-0.1, -0.05) is 18.7 Å². The molecule has 1 heterocycles. The first-order chi connectivity index (χ1) is 16.7. The van der Waals surface area contributed by atoms with Crippen LogP contribution in [-0.4, -0.2) is 58.3 Å². The molecule has 1 aliphatic rings. The molecule has 4 atom stereocenters. The second-order valence-corrected chi connectivity index (χ2v) is 9.87. The number of halogens is 3. The van der Waals surface area contributed by atoms with Gasteiger partial charge in [0.15, 0.2) is 5.79 Å². The van der Waals surface area contributed by atoms with Crippen LogP contribution in [0.4, 0.5) is 13.2 Å². The van der Waals surface area contributed by atoms with Crippen molar-refractivity contribution in [2.45, 2.75) is 75.9 Å². The highest BCUT2D eigenvalue weighted by Crippen LogP contribution is 2.38. The predicted molar refractivity (Wildman–Crippen MR) is 124 cm³/mol. The Morgan fingerprint density at radius 2 is 1.83 bits per heavy atom. The van der Waals surface area contributed by atoms with E-state index in [1.807, 2.05) is 0 Å². The molecule has 1 saturated heterocycles. The van der Waals surface area contributed by atoms with E-state index in [0.717, 1.165) is 5.56 Å². The fraction of sp³-hybridized carbons (Fsp3) is 0.583. The van der Waals surface area contributed by atoms with E-state index in [1.165, 1.54) is 28.1 Å². The normalized spacial score (nSPS) is 21.2. The number of alkyl halides is 3. The molecule has 0 aliphatic carbocycles. The van der Waals surface area contributed by atoms with Crippen LogP contribution in [0.1, 0.15) is 39.2 Å². The van der Waals surface area contributed by atoms with Gasteiger partial charge in [0.1, 0.15) is 29.8 Å². The highest BCUT2D eigenvalue weighted by atomic mass is 32.2. The molecule has 0 amide bonds. The molecule has 12 heteroatoms. The zero-order valence-electron chi connectivity index (χ0n) is 20.8. The average molecular weight is 537 g/mol. The predicted octanol–water partition coefficient (Wildman–Crippen LogP) is 4.30. The monoisotopic (exact) mass is 536 g/mol. The number of hydrogen-bond acceptors (Lipinski definition) is 8. The summed E-state index contributed by atoms with van der Waals surface area (Å²) in [4.78, 5) is 0. The summed E-state index contributed by atoms with van der Waals surface area (Å²) < 4.78 is 94.8. The van der Waals surface area contributed by atoms with Crippen molar-refractivity contribution in [1.82, 2.24) is 0 Å². The quantitative estimate of drug-likeness (QED) is 0.169. The van der Waals surface area contributed by atoms with Crippen LogP contribution >= 0.6 is 0 Å². The molecule has 0 radical (unpaired) electrons. The molecule has 202 valence electrons. The summed E-state index contributed by atoms with van der Waals surface area (Å²) in [5.74, 6) is 4.26. The molecular formula is C24H31F3O8S. The van der Waals surface area contributed by atoms with Crippen molar-refractivity contribution in [2.24, 2.45) is 0 Å². The van der Waals surface area contributed by atoms with Crippen molar-refractivity contribution < 1.29 is 49.5 Å². The third-order valence-electron chi connectivity index (χ3n) is 5.27. The number of methoxy groups -OCH3 is 2. The molecule has 0 N–H and O–H groups in total. The number of benzene rings is 1. The lowest BCUT2D eigenvalue weighted by Gasteiger charge is -2.32. The molecule has 2 rings (SSSR count). The molecule has 0 bridgehead atoms. The Bertz CT molecular complexity index is 1040. The molecule has 1 aromatic rings. The van der Waals surface area contributed by atoms with Crippen molar-refractivity contribution in [3.63, 3.8) is 0 Å². The molecule has 0 aromatic heterocycles. The van der Waals surface area contributed by atoms with Crippen molar-refractivity contribution in [3.8, 4) is 17.6 Å². The SMILES string of the molecule is C=C(OS(=O)(=O)C(F)(F)F)[C@@H]1OC(C)(C)O[C@@H]1[C@@H](OCc1ccc(OC)cc1)[C@H](CCC#CC)OC. The maximum absolute atomic E-state index is 12.9. The Hall–Kier alpha value is -2.30. The van der Waals surface area contributed by atoms with Gasteiger partial charge in [-0.25, -0.2) is 0 Å². The van der Waals surface area contributed by atoms with Gasteiger partial charge in [-0.15, -0.1) is 11.8 Å². The Balaban J connectivity index is 2.36. The third kappa shape index (κ3) is 7.85. The summed E-state index contributed by atoms with van der Waals surface area (Å²) in [7, 11) is -2.98. The maximum Gasteiger partial charge on any atom is 0.534 e. The largest absolute Gasteiger partial charge is 0.534 e. The summed E-state index contributed by atoms with van der Waals surface area (Å²) in [6.07, 6.45) is -3.25. The van der Waals surface area contributed by atoms with E-state index in [1.54, 1.807) is 31.2 Å². The first-order valence-corrected chi connectivity index (χ1v) is 12.4. The summed E-state index contributed by atoms with van der Waals surface area (Å²) in [5.41, 5.74) is -4.87. The van der Waals surface area contributed by atoms with E-state index in [2.05, 4.69) is 22.6 Å². The molecule has 36 heavy (non-hydrogen) atoms. The van der Waals surface area contributed by atoms with E-state index < -0.39 is 51.6 Å². The van der Waals surface area contributed by atoms with Gasteiger partial charge in [0.25, 0.3) is 0 Å². The Labute approximate surface area is 209 Å². The van der Waals surface area contributed by atoms with E-state index in [-0.39, 0.29) is 6.61 Å². The first-order valence-electron chi connectivity index (χ1n) is 11.0. The molecule has 8 nitrogen and oxygen atoms in total. The summed E-state index contributed by atoms with van der Waals surface area (Å²) in [6.45, 7) is 8.21. The van der Waals surface area contributed by atoms with Crippen molar-refractivity contribution in [3.05, 3.63) is 42.2 Å². The molecule has 1 aromatic carbocycles. The van der Waals surface area contributed by atoms with Gasteiger partial charge in [0, 0.05) is 13.5 Å². The van der Waals surface area contributed by atoms with E-state index in [0.29, 0.717) is 18.6 Å². The zero-order valence-corrected chi connectivity index (χ0v) is 21.6. The number of rotatable bonds is 12. The molecule has 0 saturated carbocycles. The first kappa shape index (κ1) is 29.9. The molecule has 1 aliphatic heterocycles. The van der Waals surface area contributed by atoms with Crippen LogP contribution in [0.3, 0.4) is 0 Å². The second kappa shape index (κ2) is 12.3. The Morgan fingerprint density at radius 3 is 2.36 bits per heavy atom. The van der Waals surface area contributed by atoms with Crippen LogP contribution in [0, 0.1) is 11.8 Å². The van der Waals surface area contributed by atoms with Crippen LogP contribution in [0.25, 0.3) is 0 Å². The minimum Gasteiger partial charge on any atom is -0.497 e. The lowest BCUT2D eigenvalue weighted by Crippen LogP contribution is -2.47. The van der Waals surface area contributed by atoms with Gasteiger partial charge in [0.05, 0.1) is 19.8 Å². The molecular weight excluding hydrogens is 505 g/mol. The molecule has 1 fully saturated rings. The minimum atomic E-state index is -5.96. The maximum atomic E-state index is 12.9. The molecule has 0 unspecified atom stereocenters. The van der Waals surface area contributed by atoms with Crippen LogP contribution in [-0.2, 0) is 39.9 Å². The summed E-state index contributed by atoms with van der Waals surface area (Å²) in [5, 5.41) is 0. The minimum absolute atomic E-state index is 0.0785. The highest BCUT2D eigenvalue weighted by molar-refractivity contribution is 7.87. The van der Waals surface area contributed by atoms with Crippen LogP contribution < -0.4 is 4.74 Å². The fourth-order valence-electron chi connectivity index (χ4n) is 3.60. The van der Waals surface area contributed by atoms with Gasteiger partial charge in [-0.3, -0.25) is 0 Å². The lowest BCUT2D eigenvalue weighted by molar-refractivity contribution is -0.175. The van der Waals surface area contributed by atoms with Gasteiger partial charge in [0.2, 0.25) is 0 Å². The number of ether oxygens (including phenoxy) is 5. The van der Waals surface area contributed by atoms with Crippen LogP contribution in [0.15, 0.2) is 36.6 Å². The summed E-state index contributed by atoms with van der Waals surface area (Å²) in [6, 6.07) is 7.06. The second-order valence-electron chi connectivity index (χ2n) is 8.33. The Morgan fingerprint density at radius 1 is 1.19 bits per heavy atom. The average Bonchev–Trinajstić information content (AvgIpc) is 3.12. The molecule has 0 spiro atoms. The fourth-order valence-corrected chi connectivity index (χ4v) is 4.07. The van der Waals surface area contributed by atoms with Crippen LogP contribution in [0.5, 0.6) is 5.75 Å². The Kier molecular flexibility index (Phi) is 10.2. The smallest absolute Gasteiger partial charge is 0.497 e. The third-order valence-corrected chi connectivity index (χ3v) is 6.27. The van der Waals surface area contributed by atoms with Gasteiger partial charge in [-0.05, 0) is 44.9 Å². The van der Waals surface area contributed by atoms with E-state index >= 15 is 0 Å². The topological polar surface area (TPSA) is 89.5 Å². The van der Waals surface area contributed by atoms with Gasteiger partial charge in [-0.2, -0.15) is 21.6 Å². The highest BCUT2D eigenvalue weighted by Gasteiger charge is 2.53. The van der Waals surface area contributed by atoms with Crippen molar-refractivity contribution >= 4 is 10.1 Å². The number of hydrogen-bond donors (Lipinski definition) is 0. The van der Waals surface area contributed by atoms with Crippen LogP contribution in [0.2, 0.25) is 0 Å². The van der Waals surface area contributed by atoms with E-state index in [4.69, 9.17) is 23.7 Å².